The van der Waals surface area contributed by atoms with Crippen LogP contribution in [0.15, 0.2) is 48.7 Å². The number of fused-ring (bicyclic) bond motifs is 6. The van der Waals surface area contributed by atoms with Gasteiger partial charge in [-0.2, -0.15) is 4.98 Å². The number of piperazine rings is 1. The van der Waals surface area contributed by atoms with Crippen molar-refractivity contribution in [3.63, 3.8) is 0 Å². The van der Waals surface area contributed by atoms with Crippen molar-refractivity contribution in [2.24, 2.45) is 0 Å². The number of aryl methyl sites for hydroxylation is 2. The predicted molar refractivity (Wildman–Crippen MR) is 147 cm³/mol. The molecule has 0 aliphatic carbocycles. The fourth-order valence-corrected chi connectivity index (χ4v) is 4.65. The Labute approximate surface area is 226 Å². The summed E-state index contributed by atoms with van der Waals surface area (Å²) in [6, 6.07) is 13.7. The molecule has 3 aromatic rings. The van der Waals surface area contributed by atoms with E-state index in [1.165, 1.54) is 0 Å². The van der Waals surface area contributed by atoms with Crippen molar-refractivity contribution in [1.29, 1.82) is 0 Å². The summed E-state index contributed by atoms with van der Waals surface area (Å²) in [4.78, 5) is 37.2. The van der Waals surface area contributed by atoms with Crippen LogP contribution in [0.4, 0.5) is 27.9 Å². The van der Waals surface area contributed by atoms with E-state index in [0.717, 1.165) is 28.9 Å². The molecule has 3 N–H and O–H groups in total. The Morgan fingerprint density at radius 3 is 2.63 bits per heavy atom. The number of carbonyl (C=O) groups excluding carboxylic acids is 2. The third-order valence-electron chi connectivity index (χ3n) is 6.53. The van der Waals surface area contributed by atoms with Gasteiger partial charge in [-0.15, -0.1) is 0 Å². The zero-order valence-corrected chi connectivity index (χ0v) is 21.9. The first kappa shape index (κ1) is 25.6. The smallest absolute Gasteiger partial charge is 0.317 e. The molecular formula is C27H30ClN7O3. The maximum absolute atomic E-state index is 12.9. The molecule has 3 heterocycles. The quantitative estimate of drug-likeness (QED) is 0.463. The van der Waals surface area contributed by atoms with E-state index < -0.39 is 0 Å². The topological polar surface area (TPSA) is 112 Å². The molecule has 5 rings (SSSR count). The first-order chi connectivity index (χ1) is 18.5. The van der Waals surface area contributed by atoms with Gasteiger partial charge in [0.1, 0.15) is 10.8 Å². The van der Waals surface area contributed by atoms with Crippen molar-refractivity contribution in [3.05, 3.63) is 64.8 Å². The molecule has 38 heavy (non-hydrogen) atoms. The minimum absolute atomic E-state index is 0.0680. The maximum Gasteiger partial charge on any atom is 0.317 e. The Morgan fingerprint density at radius 2 is 1.82 bits per heavy atom. The number of halogens is 1. The highest BCUT2D eigenvalue weighted by molar-refractivity contribution is 6.32. The lowest BCUT2D eigenvalue weighted by molar-refractivity contribution is -0.134. The third-order valence-corrected chi connectivity index (χ3v) is 6.81. The number of nitrogens with one attached hydrogen (secondary N) is 3. The van der Waals surface area contributed by atoms with Crippen LogP contribution in [0.5, 0.6) is 5.75 Å². The van der Waals surface area contributed by atoms with Gasteiger partial charge in [-0.25, -0.2) is 9.78 Å². The molecule has 2 aliphatic heterocycles. The van der Waals surface area contributed by atoms with Crippen LogP contribution in [-0.4, -0.2) is 71.0 Å². The van der Waals surface area contributed by atoms with Crippen LogP contribution in [0.3, 0.4) is 0 Å². The summed E-state index contributed by atoms with van der Waals surface area (Å²) in [6.45, 7) is 4.38. The Bertz CT molecular complexity index is 1330. The third kappa shape index (κ3) is 6.08. The molecule has 0 spiro atoms. The van der Waals surface area contributed by atoms with Gasteiger partial charge in [-0.3, -0.25) is 4.79 Å². The fourth-order valence-electron chi connectivity index (χ4n) is 4.51. The summed E-state index contributed by atoms with van der Waals surface area (Å²) in [5, 5.41) is 9.71. The van der Waals surface area contributed by atoms with Gasteiger partial charge in [0, 0.05) is 44.1 Å². The van der Waals surface area contributed by atoms with Crippen LogP contribution in [0, 0.1) is 0 Å². The summed E-state index contributed by atoms with van der Waals surface area (Å²) in [5.41, 5.74) is 3.80. The van der Waals surface area contributed by atoms with E-state index in [9.17, 15) is 9.59 Å². The number of rotatable bonds is 4. The van der Waals surface area contributed by atoms with Crippen LogP contribution < -0.4 is 20.7 Å². The Hall–Kier alpha value is -4.05. The second-order valence-corrected chi connectivity index (χ2v) is 9.56. The second-order valence-electron chi connectivity index (χ2n) is 9.16. The number of benzene rings is 2. The maximum atomic E-state index is 12.9. The molecule has 6 bridgehead atoms. The van der Waals surface area contributed by atoms with Gasteiger partial charge in [0.25, 0.3) is 5.91 Å². The minimum atomic E-state index is -0.0985. The molecule has 10 nitrogen and oxygen atoms in total. The van der Waals surface area contributed by atoms with Crippen LogP contribution >= 0.6 is 11.6 Å². The number of carbonyl (C=O) groups is 2. The molecule has 3 amide bonds. The summed E-state index contributed by atoms with van der Waals surface area (Å²) in [7, 11) is 0. The number of nitrogens with zero attached hydrogens (tertiary/aromatic N) is 4. The first-order valence-electron chi connectivity index (χ1n) is 12.7. The van der Waals surface area contributed by atoms with Crippen molar-refractivity contribution < 1.29 is 14.3 Å². The molecule has 11 heteroatoms. The van der Waals surface area contributed by atoms with E-state index in [1.54, 1.807) is 16.0 Å². The van der Waals surface area contributed by atoms with E-state index in [4.69, 9.17) is 16.3 Å². The molecule has 1 saturated heterocycles. The van der Waals surface area contributed by atoms with Crippen molar-refractivity contribution in [2.45, 2.75) is 19.8 Å². The van der Waals surface area contributed by atoms with Crippen molar-refractivity contribution in [3.8, 4) is 5.75 Å². The molecule has 198 valence electrons. The second kappa shape index (κ2) is 11.6. The molecule has 0 unspecified atom stereocenters. The molecule has 2 aromatic carbocycles. The average molecular weight is 536 g/mol. The molecular weight excluding hydrogens is 506 g/mol. The summed E-state index contributed by atoms with van der Waals surface area (Å²) in [6.07, 6.45) is 3.05. The fraction of sp³-hybridized carbons (Fsp3) is 0.333. The zero-order valence-electron chi connectivity index (χ0n) is 21.2. The molecule has 0 saturated carbocycles. The van der Waals surface area contributed by atoms with Gasteiger partial charge < -0.3 is 30.5 Å². The van der Waals surface area contributed by atoms with E-state index in [-0.39, 0.29) is 18.5 Å². The SMILES string of the molecule is CCNC(=O)N1CCN(C(=O)COc2ccc3cc2CCc2cccc(c2)Nc2ncc(Cl)c(n2)N3)CC1. The normalized spacial score (nSPS) is 14.7. The van der Waals surface area contributed by atoms with Crippen molar-refractivity contribution in [2.75, 3.05) is 50.0 Å². The Kier molecular flexibility index (Phi) is 7.78. The van der Waals surface area contributed by atoms with E-state index in [1.807, 2.05) is 37.3 Å². The highest BCUT2D eigenvalue weighted by atomic mass is 35.5. The van der Waals surface area contributed by atoms with Gasteiger partial charge in [0.05, 0.1) is 6.20 Å². The van der Waals surface area contributed by atoms with Gasteiger partial charge in [0.15, 0.2) is 12.4 Å². The number of hydrogen-bond donors (Lipinski definition) is 3. The first-order valence-corrected chi connectivity index (χ1v) is 13.1. The summed E-state index contributed by atoms with van der Waals surface area (Å²) < 4.78 is 6.04. The van der Waals surface area contributed by atoms with E-state index in [2.05, 4.69) is 38.1 Å². The number of urea groups is 1. The van der Waals surface area contributed by atoms with Gasteiger partial charge in [-0.05, 0) is 61.2 Å². The van der Waals surface area contributed by atoms with Gasteiger partial charge >= 0.3 is 6.03 Å². The lowest BCUT2D eigenvalue weighted by Crippen LogP contribution is -2.53. The molecule has 0 radical (unpaired) electrons. The molecule has 1 fully saturated rings. The standard InChI is InChI=1S/C27H30ClN7O3/c1-2-29-27(37)35-12-10-34(11-13-35)24(36)17-38-23-9-8-21-15-19(23)7-6-18-4-3-5-20(14-18)32-26-30-16-22(28)25(31-21)33-26/h3-5,8-9,14-16H,2,6-7,10-13,17H2,1H3,(H,29,37)(H2,30,31,32,33). The number of anilines is 4. The molecule has 2 aliphatic rings. The Morgan fingerprint density at radius 1 is 1.03 bits per heavy atom. The number of amides is 3. The van der Waals surface area contributed by atoms with Gasteiger partial charge in [0.2, 0.25) is 5.95 Å². The van der Waals surface area contributed by atoms with Crippen molar-refractivity contribution in [1.82, 2.24) is 25.1 Å². The van der Waals surface area contributed by atoms with Crippen LogP contribution in [0.2, 0.25) is 5.02 Å². The summed E-state index contributed by atoms with van der Waals surface area (Å²) in [5.74, 6) is 1.49. The minimum Gasteiger partial charge on any atom is -0.483 e. The van der Waals surface area contributed by atoms with E-state index in [0.29, 0.717) is 61.7 Å². The number of aromatic nitrogens is 2. The summed E-state index contributed by atoms with van der Waals surface area (Å²) >= 11 is 6.36. The monoisotopic (exact) mass is 535 g/mol. The van der Waals surface area contributed by atoms with Crippen molar-refractivity contribution >= 4 is 46.7 Å². The van der Waals surface area contributed by atoms with Crippen LogP contribution in [0.1, 0.15) is 18.1 Å². The highest BCUT2D eigenvalue weighted by Gasteiger charge is 2.24. The van der Waals surface area contributed by atoms with Crippen LogP contribution in [0.25, 0.3) is 0 Å². The molecule has 0 atom stereocenters. The lowest BCUT2D eigenvalue weighted by Gasteiger charge is -2.34. The van der Waals surface area contributed by atoms with Crippen LogP contribution in [-0.2, 0) is 17.6 Å². The predicted octanol–water partition coefficient (Wildman–Crippen LogP) is 3.97. The highest BCUT2D eigenvalue weighted by Crippen LogP contribution is 2.30. The van der Waals surface area contributed by atoms with E-state index >= 15 is 0 Å². The molecule has 1 aromatic heterocycles. The average Bonchev–Trinajstić information content (AvgIpc) is 2.93. The van der Waals surface area contributed by atoms with Gasteiger partial charge in [-0.1, -0.05) is 23.7 Å². The lowest BCUT2D eigenvalue weighted by atomic mass is 10.0. The number of hydrogen-bond acceptors (Lipinski definition) is 7. The Balaban J connectivity index is 1.30. The number of ether oxygens (including phenoxy) is 1. The zero-order chi connectivity index (χ0) is 26.5. The largest absolute Gasteiger partial charge is 0.483 e.